The van der Waals surface area contributed by atoms with Crippen LogP contribution >= 0.6 is 0 Å². The van der Waals surface area contributed by atoms with Crippen LogP contribution in [-0.4, -0.2) is 11.8 Å². The minimum Gasteiger partial charge on any atom is -0.308 e. The number of rotatable bonds is 4. The number of nitrogens with one attached hydrogen (secondary N) is 2. The molecule has 0 heterocycles. The fourth-order valence-corrected chi connectivity index (χ4v) is 2.06. The second kappa shape index (κ2) is 6.89. The van der Waals surface area contributed by atoms with Crippen LogP contribution < -0.4 is 10.6 Å². The Kier molecular flexibility index (Phi) is 4.94. The smallest absolute Gasteiger partial charge is 0.308 e. The van der Waals surface area contributed by atoms with E-state index in [1.807, 2.05) is 24.3 Å². The Morgan fingerprint density at radius 1 is 0.909 bits per heavy atom. The number of anilines is 2. The van der Waals surface area contributed by atoms with Crippen LogP contribution in [0.4, 0.5) is 16.2 Å². The normalized spacial score (nSPS) is 10.4. The molecular formula is C18H20N2O2. The highest BCUT2D eigenvalue weighted by Crippen LogP contribution is 2.17. The second-order valence-electron chi connectivity index (χ2n) is 5.49. The molecule has 0 saturated carbocycles. The van der Waals surface area contributed by atoms with Gasteiger partial charge in [0.2, 0.25) is 0 Å². The third-order valence-corrected chi connectivity index (χ3v) is 3.36. The van der Waals surface area contributed by atoms with Gasteiger partial charge in [-0.2, -0.15) is 0 Å². The highest BCUT2D eigenvalue weighted by atomic mass is 16.2. The zero-order valence-corrected chi connectivity index (χ0v) is 13.0. The zero-order chi connectivity index (χ0) is 16.1. The predicted octanol–water partition coefficient (Wildman–Crippen LogP) is 4.66. The first kappa shape index (κ1) is 15.8. The summed E-state index contributed by atoms with van der Waals surface area (Å²) in [5.74, 6) is 0.422. The van der Waals surface area contributed by atoms with Gasteiger partial charge >= 0.3 is 6.03 Å². The van der Waals surface area contributed by atoms with Crippen LogP contribution in [0.1, 0.15) is 42.6 Å². The Labute approximate surface area is 130 Å². The average Bonchev–Trinajstić information content (AvgIpc) is 2.47. The topological polar surface area (TPSA) is 58.2 Å². The van der Waals surface area contributed by atoms with Gasteiger partial charge in [-0.3, -0.25) is 4.79 Å². The molecule has 2 amide bonds. The molecule has 0 unspecified atom stereocenters. The van der Waals surface area contributed by atoms with Crippen molar-refractivity contribution in [1.82, 2.24) is 0 Å². The van der Waals surface area contributed by atoms with Crippen LogP contribution in [0.25, 0.3) is 0 Å². The number of Topliss-reactive ketones (excluding diaryl/α,β-unsaturated/α-hetero) is 1. The van der Waals surface area contributed by atoms with Gasteiger partial charge in [0, 0.05) is 16.9 Å². The van der Waals surface area contributed by atoms with Crippen molar-refractivity contribution in [2.24, 2.45) is 0 Å². The summed E-state index contributed by atoms with van der Waals surface area (Å²) >= 11 is 0. The third-order valence-electron chi connectivity index (χ3n) is 3.36. The van der Waals surface area contributed by atoms with Crippen LogP contribution in [0, 0.1) is 0 Å². The minimum atomic E-state index is -0.335. The summed E-state index contributed by atoms with van der Waals surface area (Å²) < 4.78 is 0. The van der Waals surface area contributed by atoms with Gasteiger partial charge in [-0.15, -0.1) is 0 Å². The maximum Gasteiger partial charge on any atom is 0.323 e. The Morgan fingerprint density at radius 3 is 2.14 bits per heavy atom. The molecule has 0 saturated heterocycles. The van der Waals surface area contributed by atoms with Gasteiger partial charge in [-0.1, -0.05) is 38.1 Å². The van der Waals surface area contributed by atoms with Crippen molar-refractivity contribution in [3.8, 4) is 0 Å². The summed E-state index contributed by atoms with van der Waals surface area (Å²) in [7, 11) is 0. The third kappa shape index (κ3) is 4.19. The van der Waals surface area contributed by atoms with Gasteiger partial charge in [0.1, 0.15) is 0 Å². The van der Waals surface area contributed by atoms with E-state index < -0.39 is 0 Å². The van der Waals surface area contributed by atoms with Gasteiger partial charge in [-0.05, 0) is 42.7 Å². The Morgan fingerprint density at radius 2 is 1.55 bits per heavy atom. The van der Waals surface area contributed by atoms with Crippen LogP contribution in [0.5, 0.6) is 0 Å². The van der Waals surface area contributed by atoms with E-state index in [2.05, 4.69) is 24.5 Å². The van der Waals surface area contributed by atoms with E-state index >= 15 is 0 Å². The second-order valence-corrected chi connectivity index (χ2v) is 5.49. The Bertz CT molecular complexity index is 676. The predicted molar refractivity (Wildman–Crippen MR) is 89.6 cm³/mol. The Hall–Kier alpha value is -2.62. The van der Waals surface area contributed by atoms with Crippen LogP contribution in [0.3, 0.4) is 0 Å². The van der Waals surface area contributed by atoms with Crippen molar-refractivity contribution in [1.29, 1.82) is 0 Å². The number of amides is 2. The van der Waals surface area contributed by atoms with Crippen molar-refractivity contribution >= 4 is 23.2 Å². The molecule has 2 aromatic carbocycles. The molecule has 0 aliphatic rings. The lowest BCUT2D eigenvalue weighted by Crippen LogP contribution is -2.19. The largest absolute Gasteiger partial charge is 0.323 e. The summed E-state index contributed by atoms with van der Waals surface area (Å²) in [5, 5.41) is 5.49. The molecule has 22 heavy (non-hydrogen) atoms. The SMILES string of the molecule is CC(=O)c1cccc(NC(=O)Nc2ccc(C(C)C)cc2)c1. The first-order chi connectivity index (χ1) is 10.5. The quantitative estimate of drug-likeness (QED) is 0.806. The lowest BCUT2D eigenvalue weighted by Gasteiger charge is -2.10. The highest BCUT2D eigenvalue weighted by Gasteiger charge is 2.05. The summed E-state index contributed by atoms with van der Waals surface area (Å²) in [5.41, 5.74) is 3.10. The summed E-state index contributed by atoms with van der Waals surface area (Å²) in [6.07, 6.45) is 0. The molecule has 0 radical (unpaired) electrons. The van der Waals surface area contributed by atoms with E-state index in [-0.39, 0.29) is 11.8 Å². The molecule has 0 aliphatic heterocycles. The first-order valence-corrected chi connectivity index (χ1v) is 7.24. The fraction of sp³-hybridized carbons (Fsp3) is 0.222. The standard InChI is InChI=1S/C18H20N2O2/c1-12(2)14-7-9-16(10-8-14)19-18(22)20-17-6-4-5-15(11-17)13(3)21/h4-12H,1-3H3,(H2,19,20,22). The maximum absolute atomic E-state index is 12.0. The molecule has 0 atom stereocenters. The van der Waals surface area contributed by atoms with Crippen LogP contribution in [0.2, 0.25) is 0 Å². The molecule has 4 nitrogen and oxygen atoms in total. The number of ketones is 1. The molecule has 0 bridgehead atoms. The van der Waals surface area contributed by atoms with E-state index in [0.29, 0.717) is 17.2 Å². The van der Waals surface area contributed by atoms with Crippen molar-refractivity contribution in [3.63, 3.8) is 0 Å². The molecule has 0 aliphatic carbocycles. The lowest BCUT2D eigenvalue weighted by atomic mass is 10.0. The number of benzene rings is 2. The van der Waals surface area contributed by atoms with E-state index in [0.717, 1.165) is 5.69 Å². The van der Waals surface area contributed by atoms with Crippen molar-refractivity contribution in [2.45, 2.75) is 26.7 Å². The molecule has 114 valence electrons. The number of hydrogen-bond donors (Lipinski definition) is 2. The molecule has 2 rings (SSSR count). The maximum atomic E-state index is 12.0. The average molecular weight is 296 g/mol. The number of carbonyl (C=O) groups excluding carboxylic acids is 2. The zero-order valence-electron chi connectivity index (χ0n) is 13.0. The Balaban J connectivity index is 2.00. The lowest BCUT2D eigenvalue weighted by molar-refractivity contribution is 0.101. The number of carbonyl (C=O) groups is 2. The monoisotopic (exact) mass is 296 g/mol. The fourth-order valence-electron chi connectivity index (χ4n) is 2.06. The van der Waals surface area contributed by atoms with Gasteiger partial charge in [0.25, 0.3) is 0 Å². The van der Waals surface area contributed by atoms with E-state index in [4.69, 9.17) is 0 Å². The molecule has 2 N–H and O–H groups in total. The van der Waals surface area contributed by atoms with Gasteiger partial charge in [-0.25, -0.2) is 4.79 Å². The summed E-state index contributed by atoms with van der Waals surface area (Å²) in [6, 6.07) is 14.3. The van der Waals surface area contributed by atoms with E-state index in [1.165, 1.54) is 12.5 Å². The highest BCUT2D eigenvalue weighted by molar-refractivity contribution is 6.01. The van der Waals surface area contributed by atoms with Gasteiger partial charge in [0.05, 0.1) is 0 Å². The van der Waals surface area contributed by atoms with E-state index in [1.54, 1.807) is 24.3 Å². The van der Waals surface area contributed by atoms with Crippen molar-refractivity contribution in [2.75, 3.05) is 10.6 Å². The minimum absolute atomic E-state index is 0.0340. The van der Waals surface area contributed by atoms with Crippen molar-refractivity contribution < 1.29 is 9.59 Å². The van der Waals surface area contributed by atoms with Crippen molar-refractivity contribution in [3.05, 3.63) is 59.7 Å². The van der Waals surface area contributed by atoms with Crippen LogP contribution in [0.15, 0.2) is 48.5 Å². The molecule has 2 aromatic rings. The molecule has 0 fully saturated rings. The van der Waals surface area contributed by atoms with Crippen LogP contribution in [-0.2, 0) is 0 Å². The summed E-state index contributed by atoms with van der Waals surface area (Å²) in [4.78, 5) is 23.3. The molecule has 4 heteroatoms. The molecular weight excluding hydrogens is 276 g/mol. The number of urea groups is 1. The van der Waals surface area contributed by atoms with Gasteiger partial charge in [0.15, 0.2) is 5.78 Å². The summed E-state index contributed by atoms with van der Waals surface area (Å²) in [6.45, 7) is 5.74. The molecule has 0 aromatic heterocycles. The first-order valence-electron chi connectivity index (χ1n) is 7.24. The van der Waals surface area contributed by atoms with Gasteiger partial charge < -0.3 is 10.6 Å². The molecule has 0 spiro atoms. The van der Waals surface area contributed by atoms with E-state index in [9.17, 15) is 9.59 Å². The number of hydrogen-bond acceptors (Lipinski definition) is 2.